The van der Waals surface area contributed by atoms with Crippen LogP contribution in [0.2, 0.25) is 0 Å². The predicted molar refractivity (Wildman–Crippen MR) is 95.9 cm³/mol. The Kier molecular flexibility index (Phi) is 4.72. The molecule has 0 aliphatic carbocycles. The lowest BCUT2D eigenvalue weighted by atomic mass is 9.98. The Morgan fingerprint density at radius 1 is 1.22 bits per heavy atom. The Labute approximate surface area is 141 Å². The van der Waals surface area contributed by atoms with E-state index in [1.165, 1.54) is 4.90 Å². The molecular formula is C19H19NO2S. The number of hydrogen-bond acceptors (Lipinski definition) is 3. The second kappa shape index (κ2) is 6.92. The number of fused-ring (bicyclic) bond motifs is 1. The van der Waals surface area contributed by atoms with Crippen LogP contribution in [0.15, 0.2) is 59.5 Å². The van der Waals surface area contributed by atoms with Crippen LogP contribution in [0.25, 0.3) is 6.08 Å². The van der Waals surface area contributed by atoms with Crippen molar-refractivity contribution in [3.05, 3.63) is 65.7 Å². The second-order valence-corrected chi connectivity index (χ2v) is 6.09. The molecule has 0 spiro atoms. The fourth-order valence-corrected chi connectivity index (χ4v) is 3.24. The molecule has 0 unspecified atom stereocenters. The lowest BCUT2D eigenvalue weighted by Crippen LogP contribution is -2.36. The number of nitrogens with zero attached hydrogens (tertiary/aromatic N) is 1. The first kappa shape index (κ1) is 15.7. The third-order valence-corrected chi connectivity index (χ3v) is 4.56. The monoisotopic (exact) mass is 325 g/mol. The molecule has 0 radical (unpaired) electrons. The number of rotatable bonds is 3. The van der Waals surface area contributed by atoms with Gasteiger partial charge in [-0.1, -0.05) is 42.5 Å². The van der Waals surface area contributed by atoms with Crippen molar-refractivity contribution in [1.82, 2.24) is 0 Å². The van der Waals surface area contributed by atoms with Crippen molar-refractivity contribution in [2.45, 2.75) is 17.9 Å². The molecule has 2 aromatic carbocycles. The van der Waals surface area contributed by atoms with Gasteiger partial charge in [-0.05, 0) is 42.5 Å². The maximum Gasteiger partial charge on any atom is 0.415 e. The van der Waals surface area contributed by atoms with Gasteiger partial charge in [-0.3, -0.25) is 4.90 Å². The van der Waals surface area contributed by atoms with Crippen molar-refractivity contribution in [1.29, 1.82) is 0 Å². The molecule has 1 atom stereocenters. The molecule has 23 heavy (non-hydrogen) atoms. The zero-order valence-corrected chi connectivity index (χ0v) is 14.0. The normalized spacial score (nSPS) is 16.1. The molecule has 0 fully saturated rings. The zero-order valence-electron chi connectivity index (χ0n) is 13.2. The van der Waals surface area contributed by atoms with Crippen molar-refractivity contribution >= 4 is 29.6 Å². The number of benzene rings is 2. The van der Waals surface area contributed by atoms with E-state index in [9.17, 15) is 4.79 Å². The Hall–Kier alpha value is -2.20. The van der Waals surface area contributed by atoms with Crippen LogP contribution in [0.5, 0.6) is 0 Å². The van der Waals surface area contributed by atoms with E-state index in [4.69, 9.17) is 4.74 Å². The Bertz CT molecular complexity index is 742. The van der Waals surface area contributed by atoms with E-state index in [1.807, 2.05) is 43.5 Å². The molecule has 3 rings (SSSR count). The molecule has 1 aliphatic rings. The number of carbonyl (C=O) groups is 1. The van der Waals surface area contributed by atoms with E-state index < -0.39 is 0 Å². The Balaban J connectivity index is 2.06. The molecule has 0 bridgehead atoms. The Morgan fingerprint density at radius 3 is 2.83 bits per heavy atom. The number of para-hydroxylation sites is 1. The van der Waals surface area contributed by atoms with E-state index in [0.29, 0.717) is 6.61 Å². The van der Waals surface area contributed by atoms with E-state index >= 15 is 0 Å². The highest BCUT2D eigenvalue weighted by atomic mass is 32.2. The largest absolute Gasteiger partial charge is 0.449 e. The summed E-state index contributed by atoms with van der Waals surface area (Å²) >= 11 is 1.69. The van der Waals surface area contributed by atoms with Crippen LogP contribution in [0, 0.1) is 0 Å². The summed E-state index contributed by atoms with van der Waals surface area (Å²) in [4.78, 5) is 15.5. The molecule has 3 nitrogen and oxygen atoms in total. The molecule has 0 aromatic heterocycles. The first-order chi connectivity index (χ1) is 11.2. The van der Waals surface area contributed by atoms with Gasteiger partial charge in [0.2, 0.25) is 0 Å². The van der Waals surface area contributed by atoms with Crippen molar-refractivity contribution in [2.75, 3.05) is 17.8 Å². The van der Waals surface area contributed by atoms with E-state index in [2.05, 4.69) is 30.4 Å². The van der Waals surface area contributed by atoms with Gasteiger partial charge in [-0.25, -0.2) is 4.79 Å². The van der Waals surface area contributed by atoms with Crippen molar-refractivity contribution in [3.8, 4) is 0 Å². The van der Waals surface area contributed by atoms with Crippen LogP contribution in [-0.4, -0.2) is 19.0 Å². The predicted octanol–water partition coefficient (Wildman–Crippen LogP) is 5.14. The first-order valence-corrected chi connectivity index (χ1v) is 8.84. The molecule has 1 aliphatic heterocycles. The zero-order chi connectivity index (χ0) is 16.2. The van der Waals surface area contributed by atoms with Gasteiger partial charge in [0, 0.05) is 4.90 Å². The molecule has 118 valence electrons. The number of amides is 1. The van der Waals surface area contributed by atoms with Gasteiger partial charge < -0.3 is 4.74 Å². The summed E-state index contributed by atoms with van der Waals surface area (Å²) in [5.41, 5.74) is 2.99. The molecule has 0 saturated heterocycles. The van der Waals surface area contributed by atoms with Crippen LogP contribution >= 0.6 is 11.8 Å². The highest BCUT2D eigenvalue weighted by Gasteiger charge is 2.30. The summed E-state index contributed by atoms with van der Waals surface area (Å²) in [7, 11) is 0. The van der Waals surface area contributed by atoms with Gasteiger partial charge in [-0.2, -0.15) is 0 Å². The summed E-state index contributed by atoms with van der Waals surface area (Å²) in [6, 6.07) is 16.0. The number of carbonyl (C=O) groups excluding carboxylic acids is 1. The quantitative estimate of drug-likeness (QED) is 0.732. The minimum Gasteiger partial charge on any atom is -0.449 e. The van der Waals surface area contributed by atoms with Gasteiger partial charge in [0.15, 0.2) is 0 Å². The van der Waals surface area contributed by atoms with Gasteiger partial charge >= 0.3 is 6.09 Å². The minimum absolute atomic E-state index is 0.156. The number of hydrogen-bond donors (Lipinski definition) is 0. The summed E-state index contributed by atoms with van der Waals surface area (Å²) < 4.78 is 5.29. The average Bonchev–Trinajstić information content (AvgIpc) is 2.61. The topological polar surface area (TPSA) is 29.5 Å². The van der Waals surface area contributed by atoms with Gasteiger partial charge in [0.05, 0.1) is 18.3 Å². The lowest BCUT2D eigenvalue weighted by Gasteiger charge is -2.33. The van der Waals surface area contributed by atoms with Gasteiger partial charge in [0.1, 0.15) is 0 Å². The summed E-state index contributed by atoms with van der Waals surface area (Å²) in [6.45, 7) is 2.19. The number of anilines is 1. The molecule has 0 N–H and O–H groups in total. The van der Waals surface area contributed by atoms with Crippen LogP contribution in [-0.2, 0) is 4.74 Å². The maximum absolute atomic E-state index is 12.6. The fourth-order valence-electron chi connectivity index (χ4n) is 2.77. The molecule has 0 saturated carbocycles. The van der Waals surface area contributed by atoms with Crippen LogP contribution in [0.3, 0.4) is 0 Å². The molecule has 2 aromatic rings. The molecular weight excluding hydrogens is 306 g/mol. The summed E-state index contributed by atoms with van der Waals surface area (Å²) in [5, 5.41) is 0. The van der Waals surface area contributed by atoms with E-state index in [1.54, 1.807) is 16.7 Å². The van der Waals surface area contributed by atoms with Crippen molar-refractivity contribution in [3.63, 3.8) is 0 Å². The number of ether oxygens (including phenoxy) is 1. The van der Waals surface area contributed by atoms with Crippen LogP contribution < -0.4 is 4.90 Å². The lowest BCUT2D eigenvalue weighted by molar-refractivity contribution is 0.158. The molecule has 1 heterocycles. The standard InChI is InChI=1S/C19H19NO2S/c1-3-22-19(21)20-17-10-5-4-7-14(17)11-12-18(20)15-8-6-9-16(13-15)23-2/h4-13,18H,3H2,1-2H3/t18-/m1/s1. The fraction of sp³-hybridized carbons (Fsp3) is 0.211. The molecule has 1 amide bonds. The summed E-state index contributed by atoms with van der Waals surface area (Å²) in [5.74, 6) is 0. The van der Waals surface area contributed by atoms with E-state index in [-0.39, 0.29) is 12.1 Å². The average molecular weight is 325 g/mol. The summed E-state index contributed by atoms with van der Waals surface area (Å²) in [6.07, 6.45) is 5.86. The highest BCUT2D eigenvalue weighted by Crippen LogP contribution is 2.37. The SMILES string of the molecule is CCOC(=O)N1c2ccccc2C=C[C@@H]1c1cccc(SC)c1. The highest BCUT2D eigenvalue weighted by molar-refractivity contribution is 7.98. The third-order valence-electron chi connectivity index (χ3n) is 3.83. The van der Waals surface area contributed by atoms with Crippen molar-refractivity contribution < 1.29 is 9.53 Å². The third kappa shape index (κ3) is 3.13. The molecule has 4 heteroatoms. The maximum atomic E-state index is 12.6. The second-order valence-electron chi connectivity index (χ2n) is 5.21. The van der Waals surface area contributed by atoms with Crippen LogP contribution in [0.4, 0.5) is 10.5 Å². The Morgan fingerprint density at radius 2 is 2.04 bits per heavy atom. The number of thioether (sulfide) groups is 1. The minimum atomic E-state index is -0.316. The van der Waals surface area contributed by atoms with E-state index in [0.717, 1.165) is 16.8 Å². The smallest absolute Gasteiger partial charge is 0.415 e. The van der Waals surface area contributed by atoms with Gasteiger partial charge in [0.25, 0.3) is 0 Å². The van der Waals surface area contributed by atoms with Crippen LogP contribution in [0.1, 0.15) is 24.1 Å². The first-order valence-electron chi connectivity index (χ1n) is 7.61. The van der Waals surface area contributed by atoms with Gasteiger partial charge in [-0.15, -0.1) is 11.8 Å². The van der Waals surface area contributed by atoms with Crippen molar-refractivity contribution in [2.24, 2.45) is 0 Å².